The smallest absolute Gasteiger partial charge is 0.198 e. The van der Waals surface area contributed by atoms with Gasteiger partial charge in [-0.2, -0.15) is 0 Å². The highest BCUT2D eigenvalue weighted by Crippen LogP contribution is 2.19. The molecule has 0 bridgehead atoms. The number of nitrogens with one attached hydrogen (secondary N) is 1. The number of pyridine rings is 1. The summed E-state index contributed by atoms with van der Waals surface area (Å²) in [4.78, 5) is 10.6. The molecule has 2 heterocycles. The van der Waals surface area contributed by atoms with Crippen molar-refractivity contribution >= 4 is 28.6 Å². The van der Waals surface area contributed by atoms with Crippen molar-refractivity contribution in [3.05, 3.63) is 17.4 Å². The topological polar surface area (TPSA) is 67.6 Å². The third kappa shape index (κ3) is 0.914. The van der Waals surface area contributed by atoms with Gasteiger partial charge in [0.05, 0.1) is 16.7 Å². The Labute approximate surface area is 67.4 Å². The van der Waals surface area contributed by atoms with E-state index in [9.17, 15) is 0 Å². The predicted octanol–water partition coefficient (Wildman–Crippen LogP) is 1.19. The van der Waals surface area contributed by atoms with Crippen molar-refractivity contribution in [2.45, 2.75) is 0 Å². The Kier molecular flexibility index (Phi) is 1.22. The summed E-state index contributed by atoms with van der Waals surface area (Å²) in [6.45, 7) is 0. The highest BCUT2D eigenvalue weighted by atomic mass is 35.5. The zero-order valence-corrected chi connectivity index (χ0v) is 6.26. The quantitative estimate of drug-likeness (QED) is 0.621. The van der Waals surface area contributed by atoms with Gasteiger partial charge >= 0.3 is 0 Å². The molecule has 11 heavy (non-hydrogen) atoms. The number of nitrogen functional groups attached to an aromatic ring is 1. The van der Waals surface area contributed by atoms with E-state index in [2.05, 4.69) is 15.0 Å². The van der Waals surface area contributed by atoms with Crippen LogP contribution < -0.4 is 5.73 Å². The number of fused-ring (bicyclic) bond motifs is 1. The van der Waals surface area contributed by atoms with Crippen molar-refractivity contribution in [3.8, 4) is 0 Å². The van der Waals surface area contributed by atoms with Crippen LogP contribution in [0.15, 0.2) is 12.4 Å². The maximum atomic E-state index is 5.77. The molecule has 56 valence electrons. The van der Waals surface area contributed by atoms with E-state index in [1.165, 1.54) is 6.20 Å². The van der Waals surface area contributed by atoms with Crippen LogP contribution in [0.1, 0.15) is 0 Å². The van der Waals surface area contributed by atoms with Gasteiger partial charge in [-0.1, -0.05) is 11.6 Å². The van der Waals surface area contributed by atoms with E-state index >= 15 is 0 Å². The lowest BCUT2D eigenvalue weighted by molar-refractivity contribution is 1.34. The Morgan fingerprint density at radius 1 is 1.45 bits per heavy atom. The molecule has 0 fully saturated rings. The first kappa shape index (κ1) is 6.42. The number of rotatable bonds is 0. The van der Waals surface area contributed by atoms with Crippen LogP contribution in [0.2, 0.25) is 5.02 Å². The van der Waals surface area contributed by atoms with Crippen molar-refractivity contribution in [2.75, 3.05) is 5.73 Å². The molecule has 0 saturated heterocycles. The van der Waals surface area contributed by atoms with Crippen molar-refractivity contribution < 1.29 is 0 Å². The molecule has 0 saturated carbocycles. The standard InChI is InChI=1S/C6H5ClN4/c7-3-1-9-2-4-5(3)11-6(8)10-4/h1-2H,(H3,8,10,11). The first-order chi connectivity index (χ1) is 5.27. The zero-order chi connectivity index (χ0) is 7.84. The molecule has 2 aromatic rings. The second-order valence-corrected chi connectivity index (χ2v) is 2.55. The number of nitrogens with two attached hydrogens (primary N) is 1. The SMILES string of the molecule is Nc1nc2c(Cl)cncc2[nH]1. The number of imidazole rings is 1. The Morgan fingerprint density at radius 2 is 2.27 bits per heavy atom. The van der Waals surface area contributed by atoms with Gasteiger partial charge in [0, 0.05) is 6.20 Å². The minimum absolute atomic E-state index is 0.356. The van der Waals surface area contributed by atoms with Crippen LogP contribution in [-0.2, 0) is 0 Å². The second-order valence-electron chi connectivity index (χ2n) is 2.14. The van der Waals surface area contributed by atoms with Gasteiger partial charge in [0.25, 0.3) is 0 Å². The van der Waals surface area contributed by atoms with E-state index in [4.69, 9.17) is 17.3 Å². The number of aromatic amines is 1. The van der Waals surface area contributed by atoms with Gasteiger partial charge in [-0.3, -0.25) is 4.98 Å². The predicted molar refractivity (Wildman–Crippen MR) is 43.3 cm³/mol. The molecule has 0 aliphatic heterocycles. The third-order valence-corrected chi connectivity index (χ3v) is 1.64. The lowest BCUT2D eigenvalue weighted by Gasteiger charge is -1.87. The van der Waals surface area contributed by atoms with E-state index < -0.39 is 0 Å². The molecule has 4 nitrogen and oxygen atoms in total. The normalized spacial score (nSPS) is 10.6. The lowest BCUT2D eigenvalue weighted by atomic mass is 10.4. The van der Waals surface area contributed by atoms with Crippen molar-refractivity contribution in [1.29, 1.82) is 0 Å². The maximum Gasteiger partial charge on any atom is 0.198 e. The minimum Gasteiger partial charge on any atom is -0.369 e. The molecule has 0 aromatic carbocycles. The summed E-state index contributed by atoms with van der Waals surface area (Å²) in [5.74, 6) is 0.356. The van der Waals surface area contributed by atoms with Gasteiger partial charge in [-0.15, -0.1) is 0 Å². The lowest BCUT2D eigenvalue weighted by Crippen LogP contribution is -1.84. The number of halogens is 1. The summed E-state index contributed by atoms with van der Waals surface area (Å²) < 4.78 is 0. The minimum atomic E-state index is 0.356. The fourth-order valence-corrected chi connectivity index (χ4v) is 1.12. The largest absolute Gasteiger partial charge is 0.369 e. The van der Waals surface area contributed by atoms with Crippen LogP contribution in [-0.4, -0.2) is 15.0 Å². The summed E-state index contributed by atoms with van der Waals surface area (Å²) in [5.41, 5.74) is 6.83. The number of nitrogens with zero attached hydrogens (tertiary/aromatic N) is 2. The molecule has 0 amide bonds. The van der Waals surface area contributed by atoms with Gasteiger partial charge in [0.1, 0.15) is 5.52 Å². The second kappa shape index (κ2) is 2.10. The molecule has 3 N–H and O–H groups in total. The molecule has 0 spiro atoms. The van der Waals surface area contributed by atoms with E-state index in [0.717, 1.165) is 5.52 Å². The molecule has 2 aromatic heterocycles. The van der Waals surface area contributed by atoms with Crippen LogP contribution in [0.4, 0.5) is 5.95 Å². The van der Waals surface area contributed by atoms with E-state index in [-0.39, 0.29) is 0 Å². The monoisotopic (exact) mass is 168 g/mol. The van der Waals surface area contributed by atoms with Crippen LogP contribution in [0.5, 0.6) is 0 Å². The van der Waals surface area contributed by atoms with Crippen LogP contribution in [0.3, 0.4) is 0 Å². The van der Waals surface area contributed by atoms with Gasteiger partial charge in [-0.05, 0) is 0 Å². The van der Waals surface area contributed by atoms with Crippen molar-refractivity contribution in [2.24, 2.45) is 0 Å². The summed E-state index contributed by atoms with van der Waals surface area (Å²) in [7, 11) is 0. The van der Waals surface area contributed by atoms with Gasteiger partial charge < -0.3 is 10.7 Å². The first-order valence-corrected chi connectivity index (χ1v) is 3.40. The third-order valence-electron chi connectivity index (χ3n) is 1.37. The molecule has 0 aliphatic carbocycles. The molecule has 5 heteroatoms. The first-order valence-electron chi connectivity index (χ1n) is 3.02. The molecule has 0 aliphatic rings. The van der Waals surface area contributed by atoms with Crippen molar-refractivity contribution in [3.63, 3.8) is 0 Å². The fourth-order valence-electron chi connectivity index (χ4n) is 0.920. The van der Waals surface area contributed by atoms with Gasteiger partial charge in [0.15, 0.2) is 5.95 Å². The molecule has 0 radical (unpaired) electrons. The van der Waals surface area contributed by atoms with Gasteiger partial charge in [0.2, 0.25) is 0 Å². The fraction of sp³-hybridized carbons (Fsp3) is 0. The number of aromatic nitrogens is 3. The Hall–Kier alpha value is -1.29. The average Bonchev–Trinajstić information content (AvgIpc) is 2.31. The van der Waals surface area contributed by atoms with Crippen LogP contribution >= 0.6 is 11.6 Å². The molecular formula is C6H5ClN4. The number of hydrogen-bond donors (Lipinski definition) is 2. The average molecular weight is 169 g/mol. The van der Waals surface area contributed by atoms with Crippen LogP contribution in [0, 0.1) is 0 Å². The molecular weight excluding hydrogens is 164 g/mol. The Morgan fingerprint density at radius 3 is 3.00 bits per heavy atom. The summed E-state index contributed by atoms with van der Waals surface area (Å²) in [6.07, 6.45) is 3.16. The highest BCUT2D eigenvalue weighted by Gasteiger charge is 2.02. The van der Waals surface area contributed by atoms with E-state index in [1.807, 2.05) is 0 Å². The maximum absolute atomic E-state index is 5.77. The summed E-state index contributed by atoms with van der Waals surface area (Å²) >= 11 is 5.77. The van der Waals surface area contributed by atoms with Gasteiger partial charge in [-0.25, -0.2) is 4.98 Å². The van der Waals surface area contributed by atoms with E-state index in [1.54, 1.807) is 6.20 Å². The number of H-pyrrole nitrogens is 1. The Balaban J connectivity index is 2.90. The molecule has 2 rings (SSSR count). The van der Waals surface area contributed by atoms with E-state index in [0.29, 0.717) is 16.5 Å². The Bertz CT molecular complexity index is 394. The molecule has 0 unspecified atom stereocenters. The zero-order valence-electron chi connectivity index (χ0n) is 5.50. The molecule has 0 atom stereocenters. The number of hydrogen-bond acceptors (Lipinski definition) is 3. The van der Waals surface area contributed by atoms with Crippen molar-refractivity contribution in [1.82, 2.24) is 15.0 Å². The van der Waals surface area contributed by atoms with Crippen LogP contribution in [0.25, 0.3) is 11.0 Å². The number of anilines is 1. The summed E-state index contributed by atoms with van der Waals surface area (Å²) in [6, 6.07) is 0. The summed E-state index contributed by atoms with van der Waals surface area (Å²) in [5, 5.41) is 0.510. The highest BCUT2D eigenvalue weighted by molar-refractivity contribution is 6.34.